The molecular formula is C24H33N5O3S. The average Bonchev–Trinajstić information content (AvgIpc) is 2.75. The van der Waals surface area contributed by atoms with E-state index in [0.717, 1.165) is 30.5 Å². The lowest BCUT2D eigenvalue weighted by molar-refractivity contribution is 0.0462. The van der Waals surface area contributed by atoms with E-state index < -0.39 is 17.7 Å². The Morgan fingerprint density at radius 2 is 1.85 bits per heavy atom. The van der Waals surface area contributed by atoms with E-state index in [4.69, 9.17) is 10.5 Å². The fraction of sp³-hybridized carbons (Fsp3) is 0.375. The van der Waals surface area contributed by atoms with Gasteiger partial charge in [0.05, 0.1) is 0 Å². The number of hydrogen-bond acceptors (Lipinski definition) is 6. The number of pyridine rings is 1. The lowest BCUT2D eigenvalue weighted by atomic mass is 10.1. The van der Waals surface area contributed by atoms with Crippen LogP contribution in [0.1, 0.15) is 51.8 Å². The second-order valence-corrected chi connectivity index (χ2v) is 8.91. The zero-order valence-corrected chi connectivity index (χ0v) is 20.4. The first kappa shape index (κ1) is 26.1. The SMILES string of the molecule is CCCc1cccc(NC(=O)N/C(N)=C/SCc2ccc(NC(=O)OC(C)(C)CC)cc2)n1. The molecule has 0 bridgehead atoms. The highest BCUT2D eigenvalue weighted by Gasteiger charge is 2.20. The number of benzene rings is 1. The molecule has 0 aliphatic heterocycles. The molecule has 2 aromatic rings. The highest BCUT2D eigenvalue weighted by Crippen LogP contribution is 2.18. The van der Waals surface area contributed by atoms with Crippen molar-refractivity contribution in [2.24, 2.45) is 5.73 Å². The highest BCUT2D eigenvalue weighted by atomic mass is 32.2. The Bertz CT molecular complexity index is 961. The Morgan fingerprint density at radius 3 is 2.52 bits per heavy atom. The van der Waals surface area contributed by atoms with Gasteiger partial charge in [-0.3, -0.25) is 16.0 Å². The molecule has 0 aliphatic carbocycles. The third kappa shape index (κ3) is 9.86. The highest BCUT2D eigenvalue weighted by molar-refractivity contribution is 8.01. The Morgan fingerprint density at radius 1 is 1.12 bits per heavy atom. The van der Waals surface area contributed by atoms with Crippen molar-refractivity contribution in [3.8, 4) is 0 Å². The second kappa shape index (κ2) is 12.7. The van der Waals surface area contributed by atoms with Crippen LogP contribution in [-0.2, 0) is 16.9 Å². The number of thioether (sulfide) groups is 1. The number of aromatic nitrogens is 1. The summed E-state index contributed by atoms with van der Waals surface area (Å²) in [6.07, 6.45) is 2.09. The monoisotopic (exact) mass is 471 g/mol. The number of anilines is 2. The second-order valence-electron chi connectivity index (χ2n) is 8.05. The van der Waals surface area contributed by atoms with Crippen LogP contribution in [0, 0.1) is 0 Å². The largest absolute Gasteiger partial charge is 0.443 e. The Hall–Kier alpha value is -3.20. The molecule has 33 heavy (non-hydrogen) atoms. The van der Waals surface area contributed by atoms with Crippen LogP contribution in [0.4, 0.5) is 21.1 Å². The van der Waals surface area contributed by atoms with Crippen LogP contribution >= 0.6 is 11.8 Å². The summed E-state index contributed by atoms with van der Waals surface area (Å²) in [7, 11) is 0. The maximum Gasteiger partial charge on any atom is 0.412 e. The molecule has 0 atom stereocenters. The summed E-state index contributed by atoms with van der Waals surface area (Å²) in [6, 6.07) is 12.5. The maximum absolute atomic E-state index is 12.1. The van der Waals surface area contributed by atoms with Crippen molar-refractivity contribution in [1.82, 2.24) is 10.3 Å². The molecule has 0 radical (unpaired) electrons. The predicted octanol–water partition coefficient (Wildman–Crippen LogP) is 5.58. The molecule has 0 unspecified atom stereocenters. The van der Waals surface area contributed by atoms with Gasteiger partial charge in [0.25, 0.3) is 0 Å². The molecule has 2 rings (SSSR count). The summed E-state index contributed by atoms with van der Waals surface area (Å²) in [4.78, 5) is 28.5. The van der Waals surface area contributed by atoms with E-state index >= 15 is 0 Å². The van der Waals surface area contributed by atoms with Crippen LogP contribution < -0.4 is 21.7 Å². The van der Waals surface area contributed by atoms with E-state index in [0.29, 0.717) is 17.3 Å². The van der Waals surface area contributed by atoms with Gasteiger partial charge >= 0.3 is 12.1 Å². The third-order valence-corrected chi connectivity index (χ3v) is 5.61. The molecule has 1 heterocycles. The lowest BCUT2D eigenvalue weighted by Gasteiger charge is -2.23. The molecule has 0 saturated heterocycles. The quantitative estimate of drug-likeness (QED) is 0.359. The minimum absolute atomic E-state index is 0.238. The van der Waals surface area contributed by atoms with E-state index in [1.54, 1.807) is 11.5 Å². The normalized spacial score (nSPS) is 11.6. The van der Waals surface area contributed by atoms with Crippen molar-refractivity contribution in [2.75, 3.05) is 10.6 Å². The van der Waals surface area contributed by atoms with Crippen molar-refractivity contribution in [3.63, 3.8) is 0 Å². The number of nitrogens with two attached hydrogens (primary N) is 1. The van der Waals surface area contributed by atoms with E-state index in [9.17, 15) is 9.59 Å². The number of ether oxygens (including phenoxy) is 1. The van der Waals surface area contributed by atoms with Gasteiger partial charge in [0.1, 0.15) is 17.2 Å². The first-order valence-electron chi connectivity index (χ1n) is 10.9. The summed E-state index contributed by atoms with van der Waals surface area (Å²) in [6.45, 7) is 7.78. The van der Waals surface area contributed by atoms with Crippen LogP contribution in [0.25, 0.3) is 0 Å². The molecule has 0 spiro atoms. The molecule has 5 N–H and O–H groups in total. The number of carbonyl (C=O) groups is 2. The third-order valence-electron chi connectivity index (χ3n) is 4.69. The first-order valence-corrected chi connectivity index (χ1v) is 12.0. The average molecular weight is 472 g/mol. The van der Waals surface area contributed by atoms with Crippen LogP contribution in [-0.4, -0.2) is 22.7 Å². The summed E-state index contributed by atoms with van der Waals surface area (Å²) in [5, 5.41) is 9.67. The molecule has 0 fully saturated rings. The van der Waals surface area contributed by atoms with Gasteiger partial charge < -0.3 is 10.5 Å². The summed E-state index contributed by atoms with van der Waals surface area (Å²) in [5.74, 6) is 1.37. The Balaban J connectivity index is 1.78. The molecule has 9 heteroatoms. The zero-order chi connectivity index (χ0) is 24.3. The molecule has 178 valence electrons. The van der Waals surface area contributed by atoms with Crippen molar-refractivity contribution in [1.29, 1.82) is 0 Å². The van der Waals surface area contributed by atoms with Gasteiger partial charge in [-0.25, -0.2) is 14.6 Å². The molecule has 1 aromatic carbocycles. The number of urea groups is 1. The van der Waals surface area contributed by atoms with Crippen molar-refractivity contribution in [2.45, 2.75) is 58.3 Å². The minimum Gasteiger partial charge on any atom is -0.443 e. The summed E-state index contributed by atoms with van der Waals surface area (Å²) >= 11 is 1.45. The first-order chi connectivity index (χ1) is 15.7. The fourth-order valence-electron chi connectivity index (χ4n) is 2.63. The van der Waals surface area contributed by atoms with Gasteiger partial charge in [-0.2, -0.15) is 0 Å². The van der Waals surface area contributed by atoms with Gasteiger partial charge in [-0.05, 0) is 56.5 Å². The van der Waals surface area contributed by atoms with Crippen molar-refractivity contribution < 1.29 is 14.3 Å². The fourth-order valence-corrected chi connectivity index (χ4v) is 3.34. The number of nitrogens with one attached hydrogen (secondary N) is 3. The van der Waals surface area contributed by atoms with Gasteiger partial charge in [0.15, 0.2) is 0 Å². The number of aryl methyl sites for hydroxylation is 1. The van der Waals surface area contributed by atoms with Crippen LogP contribution in [0.3, 0.4) is 0 Å². The van der Waals surface area contributed by atoms with Gasteiger partial charge in [0.2, 0.25) is 0 Å². The number of carbonyl (C=O) groups excluding carboxylic acids is 2. The van der Waals surface area contributed by atoms with E-state index in [2.05, 4.69) is 27.9 Å². The maximum atomic E-state index is 12.1. The van der Waals surface area contributed by atoms with Gasteiger partial charge in [-0.1, -0.05) is 38.5 Å². The van der Waals surface area contributed by atoms with Gasteiger partial charge in [0, 0.05) is 22.5 Å². The smallest absolute Gasteiger partial charge is 0.412 e. The summed E-state index contributed by atoms with van der Waals surface area (Å²) < 4.78 is 5.38. The molecule has 1 aromatic heterocycles. The zero-order valence-electron chi connectivity index (χ0n) is 19.6. The molecular weight excluding hydrogens is 438 g/mol. The van der Waals surface area contributed by atoms with Gasteiger partial charge in [-0.15, -0.1) is 11.8 Å². The number of rotatable bonds is 10. The Kier molecular flexibility index (Phi) is 10.1. The lowest BCUT2D eigenvalue weighted by Crippen LogP contribution is -2.31. The van der Waals surface area contributed by atoms with Crippen LogP contribution in [0.15, 0.2) is 53.7 Å². The van der Waals surface area contributed by atoms with Crippen molar-refractivity contribution in [3.05, 3.63) is 65.0 Å². The number of amides is 3. The number of nitrogens with zero attached hydrogens (tertiary/aromatic N) is 1. The molecule has 8 nitrogen and oxygen atoms in total. The van der Waals surface area contributed by atoms with E-state index in [-0.39, 0.29) is 5.82 Å². The number of hydrogen-bond donors (Lipinski definition) is 4. The van der Waals surface area contributed by atoms with E-state index in [1.807, 2.05) is 57.2 Å². The molecule has 0 aliphatic rings. The summed E-state index contributed by atoms with van der Waals surface area (Å²) in [5.41, 5.74) is 8.02. The molecule has 3 amide bonds. The standard InChI is InChI=1S/C24H33N5O3S/c1-5-8-18-9-7-10-21(26-18)29-22(30)28-20(25)16-33-15-17-11-13-19(14-12-17)27-23(31)32-24(3,4)6-2/h7,9-14,16H,5-6,8,15,25H2,1-4H3,(H,27,31)(H2,26,28,29,30)/b20-16+. The Labute approximate surface area is 199 Å². The minimum atomic E-state index is -0.506. The van der Waals surface area contributed by atoms with E-state index in [1.165, 1.54) is 11.8 Å². The predicted molar refractivity (Wildman–Crippen MR) is 135 cm³/mol. The molecule has 0 saturated carbocycles. The van der Waals surface area contributed by atoms with Crippen LogP contribution in [0.2, 0.25) is 0 Å². The van der Waals surface area contributed by atoms with Crippen LogP contribution in [0.5, 0.6) is 0 Å². The topological polar surface area (TPSA) is 118 Å². The van der Waals surface area contributed by atoms with Crippen molar-refractivity contribution >= 4 is 35.4 Å².